The molecule has 0 spiro atoms. The fourth-order valence-electron chi connectivity index (χ4n) is 0.250. The van der Waals surface area contributed by atoms with Crippen LogP contribution in [0.5, 0.6) is 0 Å². The van der Waals surface area contributed by atoms with Crippen molar-refractivity contribution < 1.29 is 18.9 Å². The molecule has 0 rings (SSSR count). The van der Waals surface area contributed by atoms with Crippen LogP contribution < -0.4 is 18.9 Å². The molecule has 0 heterocycles. The molecule has 0 fully saturated rings. The predicted molar refractivity (Wildman–Crippen MR) is 43.8 cm³/mol. The van der Waals surface area contributed by atoms with E-state index in [1.807, 2.05) is 35.3 Å². The maximum atomic E-state index is 2.10. The van der Waals surface area contributed by atoms with Crippen LogP contribution in [0.25, 0.3) is 0 Å². The quantitative estimate of drug-likeness (QED) is 0.404. The average Bonchev–Trinajstić information content (AvgIpc) is 1.72. The Labute approximate surface area is 76.5 Å². The number of thioether (sulfide) groups is 3. The number of hydrogen-bond acceptors (Lipinski definition) is 3. The summed E-state index contributed by atoms with van der Waals surface area (Å²) in [4.78, 5) is 0. The van der Waals surface area contributed by atoms with Crippen LogP contribution in [0.1, 0.15) is 0 Å². The van der Waals surface area contributed by atoms with E-state index in [0.717, 1.165) is 0 Å². The Morgan fingerprint density at radius 1 is 0.875 bits per heavy atom. The molecular formula is C4H9LiS3. The Morgan fingerprint density at radius 2 is 1.12 bits per heavy atom. The van der Waals surface area contributed by atoms with Crippen LogP contribution in [-0.2, 0) is 0 Å². The molecule has 0 radical (unpaired) electrons. The van der Waals surface area contributed by atoms with Crippen LogP contribution in [0.15, 0.2) is 0 Å². The first-order valence-corrected chi connectivity index (χ1v) is 5.51. The number of rotatable bonds is 3. The Morgan fingerprint density at radius 3 is 1.12 bits per heavy atom. The normalized spacial score (nSPS) is 9.00. The van der Waals surface area contributed by atoms with Crippen molar-refractivity contribution in [2.24, 2.45) is 0 Å². The van der Waals surface area contributed by atoms with Gasteiger partial charge in [-0.15, -0.1) is 0 Å². The molecular weight excluding hydrogens is 151 g/mol. The molecule has 0 unspecified atom stereocenters. The van der Waals surface area contributed by atoms with Crippen LogP contribution in [0.4, 0.5) is 0 Å². The van der Waals surface area contributed by atoms with Crippen molar-refractivity contribution in [1.29, 1.82) is 0 Å². The zero-order valence-corrected chi connectivity index (χ0v) is 8.17. The zero-order valence-electron chi connectivity index (χ0n) is 5.72. The van der Waals surface area contributed by atoms with E-state index in [9.17, 15) is 0 Å². The van der Waals surface area contributed by atoms with Crippen LogP contribution in [-0.4, -0.2) is 18.8 Å². The van der Waals surface area contributed by atoms with Gasteiger partial charge >= 0.3 is 18.9 Å². The monoisotopic (exact) mass is 160 g/mol. The van der Waals surface area contributed by atoms with E-state index in [1.54, 1.807) is 0 Å². The third-order valence-electron chi connectivity index (χ3n) is 0.500. The third-order valence-corrected chi connectivity index (χ3v) is 4.50. The minimum atomic E-state index is 0. The first-order valence-electron chi connectivity index (χ1n) is 1.84. The summed E-state index contributed by atoms with van der Waals surface area (Å²) in [7, 11) is 0. The molecule has 0 saturated carbocycles. The standard InChI is InChI=1S/C4H9S3.Li/c1-5-4(6-2)7-3;/h1-3H3;/q-1;+1. The van der Waals surface area contributed by atoms with Crippen molar-refractivity contribution in [2.45, 2.75) is 0 Å². The zero-order chi connectivity index (χ0) is 5.70. The van der Waals surface area contributed by atoms with Crippen molar-refractivity contribution in [2.75, 3.05) is 18.8 Å². The molecule has 0 aliphatic heterocycles. The second-order valence-corrected chi connectivity index (χ2v) is 4.09. The summed E-state index contributed by atoms with van der Waals surface area (Å²) in [6, 6.07) is 0. The fraction of sp³-hybridized carbons (Fsp3) is 0.750. The van der Waals surface area contributed by atoms with E-state index in [2.05, 4.69) is 18.8 Å². The van der Waals surface area contributed by atoms with Crippen molar-refractivity contribution in [3.8, 4) is 0 Å². The molecule has 0 aromatic carbocycles. The predicted octanol–water partition coefficient (Wildman–Crippen LogP) is -0.474. The van der Waals surface area contributed by atoms with Crippen molar-refractivity contribution in [3.05, 3.63) is 3.91 Å². The molecule has 0 aliphatic rings. The molecule has 0 aliphatic carbocycles. The Kier molecular flexibility index (Phi) is 13.3. The van der Waals surface area contributed by atoms with Crippen molar-refractivity contribution in [3.63, 3.8) is 0 Å². The van der Waals surface area contributed by atoms with Crippen LogP contribution >= 0.6 is 35.3 Å². The maximum absolute atomic E-state index is 2.10. The van der Waals surface area contributed by atoms with Gasteiger partial charge in [-0.1, -0.05) is 0 Å². The summed E-state index contributed by atoms with van der Waals surface area (Å²) in [5.41, 5.74) is 0. The van der Waals surface area contributed by atoms with Crippen LogP contribution in [0.2, 0.25) is 0 Å². The van der Waals surface area contributed by atoms with Crippen LogP contribution in [0, 0.1) is 3.91 Å². The van der Waals surface area contributed by atoms with Gasteiger partial charge in [0.2, 0.25) is 0 Å². The van der Waals surface area contributed by atoms with Crippen LogP contribution in [0.3, 0.4) is 0 Å². The first-order chi connectivity index (χ1) is 3.35. The van der Waals surface area contributed by atoms with E-state index in [4.69, 9.17) is 0 Å². The molecule has 0 saturated heterocycles. The van der Waals surface area contributed by atoms with E-state index >= 15 is 0 Å². The Bertz CT molecular complexity index is 32.8. The van der Waals surface area contributed by atoms with Gasteiger partial charge < -0.3 is 35.3 Å². The summed E-state index contributed by atoms with van der Waals surface area (Å²) >= 11 is 5.44. The molecule has 4 heteroatoms. The maximum Gasteiger partial charge on any atom is 1.00 e. The topological polar surface area (TPSA) is 0 Å². The summed E-state index contributed by atoms with van der Waals surface area (Å²) in [6.45, 7) is 0. The molecule has 0 amide bonds. The Hall–Kier alpha value is 1.65. The van der Waals surface area contributed by atoms with Gasteiger partial charge in [0.1, 0.15) is 0 Å². The molecule has 0 aromatic heterocycles. The molecule has 0 atom stereocenters. The Balaban J connectivity index is 0. The van der Waals surface area contributed by atoms with Gasteiger partial charge in [-0.05, 0) is 18.8 Å². The molecule has 8 heavy (non-hydrogen) atoms. The molecule has 0 N–H and O–H groups in total. The van der Waals surface area contributed by atoms with E-state index in [0.29, 0.717) is 0 Å². The SMILES string of the molecule is CS[C-](SC)SC.[Li+]. The molecule has 0 nitrogen and oxygen atoms in total. The van der Waals surface area contributed by atoms with Gasteiger partial charge in [0.25, 0.3) is 0 Å². The summed E-state index contributed by atoms with van der Waals surface area (Å²) in [5.74, 6) is 0. The number of hydrogen-bond donors (Lipinski definition) is 0. The summed E-state index contributed by atoms with van der Waals surface area (Å²) < 4.78 is 1.43. The van der Waals surface area contributed by atoms with E-state index in [1.165, 1.54) is 3.91 Å². The molecule has 0 aromatic rings. The van der Waals surface area contributed by atoms with Gasteiger partial charge in [0.05, 0.1) is 0 Å². The van der Waals surface area contributed by atoms with Gasteiger partial charge in [-0.3, -0.25) is 0 Å². The smallest absolute Gasteiger partial charge is 0.330 e. The van der Waals surface area contributed by atoms with Gasteiger partial charge in [0, 0.05) is 0 Å². The van der Waals surface area contributed by atoms with Crippen molar-refractivity contribution in [1.82, 2.24) is 0 Å². The minimum absolute atomic E-state index is 0. The van der Waals surface area contributed by atoms with Gasteiger partial charge in [-0.2, -0.15) is 3.91 Å². The van der Waals surface area contributed by atoms with E-state index < -0.39 is 0 Å². The molecule has 44 valence electrons. The second-order valence-electron chi connectivity index (χ2n) is 0.862. The van der Waals surface area contributed by atoms with E-state index in [-0.39, 0.29) is 18.9 Å². The molecule has 0 bridgehead atoms. The summed E-state index contributed by atoms with van der Waals surface area (Å²) in [6.07, 6.45) is 6.30. The third kappa shape index (κ3) is 5.78. The second kappa shape index (κ2) is 8.65. The summed E-state index contributed by atoms with van der Waals surface area (Å²) in [5, 5.41) is 0. The average molecular weight is 160 g/mol. The largest absolute Gasteiger partial charge is 1.00 e. The minimum Gasteiger partial charge on any atom is -0.330 e. The van der Waals surface area contributed by atoms with Gasteiger partial charge in [-0.25, -0.2) is 0 Å². The van der Waals surface area contributed by atoms with Crippen molar-refractivity contribution >= 4 is 35.3 Å². The van der Waals surface area contributed by atoms with Gasteiger partial charge in [0.15, 0.2) is 0 Å². The first kappa shape index (κ1) is 12.3. The fourth-order valence-corrected chi connectivity index (χ4v) is 2.25.